The number of nitrogens with one attached hydrogen (secondary N) is 10. The molecule has 0 spiro atoms. The predicted molar refractivity (Wildman–Crippen MR) is 374 cm³/mol. The fourth-order valence-electron chi connectivity index (χ4n) is 11.3. The molecule has 29 heteroatoms. The van der Waals surface area contributed by atoms with Crippen LogP contribution in [0.3, 0.4) is 0 Å². The number of H-pyrrole nitrogens is 3. The molecule has 3 aromatic carbocycles. The van der Waals surface area contributed by atoms with Crippen LogP contribution in [0.15, 0.2) is 106 Å². The second kappa shape index (κ2) is 39.5. The van der Waals surface area contributed by atoms with Gasteiger partial charge in [-0.3, -0.25) is 53.3 Å². The first kappa shape index (κ1) is 74.8. The Labute approximate surface area is 558 Å². The van der Waals surface area contributed by atoms with Crippen LogP contribution in [0.2, 0.25) is 0 Å². The first-order valence-corrected chi connectivity index (χ1v) is 33.2. The number of rotatable bonds is 44. The second-order valence-electron chi connectivity index (χ2n) is 24.1. The molecule has 0 bridgehead atoms. The van der Waals surface area contributed by atoms with Gasteiger partial charge < -0.3 is 98.0 Å². The summed E-state index contributed by atoms with van der Waals surface area (Å²) in [5, 5.41) is 22.2. The van der Waals surface area contributed by atoms with Crippen molar-refractivity contribution in [1.82, 2.24) is 52.2 Å². The van der Waals surface area contributed by atoms with Crippen LogP contribution in [0, 0.1) is 0 Å². The molecule has 29 nitrogen and oxygen atoms in total. The molecule has 3 heterocycles. The number of amides is 8. The van der Waals surface area contributed by atoms with E-state index in [0.29, 0.717) is 48.9 Å². The summed E-state index contributed by atoms with van der Waals surface area (Å²) in [6.45, 7) is 2.83. The number of nitrogens with zero attached hydrogens (tertiary/aromatic N) is 3. The monoisotopic (exact) mass is 1330 g/mol. The van der Waals surface area contributed by atoms with E-state index in [9.17, 15) is 24.0 Å². The van der Waals surface area contributed by atoms with Gasteiger partial charge in [0.2, 0.25) is 47.3 Å². The highest BCUT2D eigenvalue weighted by atomic mass is 16.2. The van der Waals surface area contributed by atoms with E-state index in [1.54, 1.807) is 18.6 Å². The number of hydrogen-bond acceptors (Lipinski definition) is 12. The van der Waals surface area contributed by atoms with Gasteiger partial charge in [0.15, 0.2) is 17.9 Å². The van der Waals surface area contributed by atoms with E-state index >= 15 is 14.4 Å². The van der Waals surface area contributed by atoms with Gasteiger partial charge in [0.1, 0.15) is 36.3 Å². The fourth-order valence-corrected chi connectivity index (χ4v) is 11.3. The third-order valence-electron chi connectivity index (χ3n) is 16.6. The minimum Gasteiger partial charge on any atom is -0.370 e. The Morgan fingerprint density at radius 3 is 1.15 bits per heavy atom. The lowest BCUT2D eigenvalue weighted by atomic mass is 10.0. The standard InChI is InChI=1S/C67H99N21O8/c1-2-3-4-5-6-7-8-30-57(89)76-31-16-15-27-51(58(69)90)83-62(94)55(36-42-39-81-49-25-13-10-21-45(42)49)87-60(92)53(29-19-34-79-67(74)75)85-64(96)56(37-43-40-82-50-26-14-11-22-46(43)50)88-61(93)52(28-18-33-78-66(72)73)84-63(95)54(35-41-38-80-48-24-12-9-20-44(41)48)86-59(91)47(68)23-17-32-77-65(70)71/h9-14,20-22,24-26,38-40,47,51-56,80-82H,2-8,15-19,23,27-37,68H2,1H3,(H2,69,90)(H,76,89)(H,83,94)(H,84,95)(H,85,96)(H,86,91)(H,87,92)(H,88,93)(H4,70,71,77)(H4,72,73,78)(H4,74,75,79)/t47-,51+,52-,53+,54+,55+,56+/m1/s1. The molecule has 8 amide bonds. The molecule has 7 atom stereocenters. The minimum absolute atomic E-state index is 0.0360. The van der Waals surface area contributed by atoms with Crippen molar-refractivity contribution in [2.45, 2.75) is 178 Å². The van der Waals surface area contributed by atoms with Gasteiger partial charge in [-0.1, -0.05) is 100 Å². The van der Waals surface area contributed by atoms with Crippen molar-refractivity contribution in [2.75, 3.05) is 26.2 Å². The predicted octanol–water partition coefficient (Wildman–Crippen LogP) is 1.47. The van der Waals surface area contributed by atoms with Crippen molar-refractivity contribution < 1.29 is 38.4 Å². The zero-order valence-electron chi connectivity index (χ0n) is 54.9. The zero-order valence-corrected chi connectivity index (χ0v) is 54.9. The number of benzene rings is 3. The lowest BCUT2D eigenvalue weighted by Crippen LogP contribution is -2.60. The molecule has 6 aromatic rings. The van der Waals surface area contributed by atoms with Crippen LogP contribution in [0.25, 0.3) is 32.7 Å². The number of unbranched alkanes of at least 4 members (excludes halogenated alkanes) is 7. The number of aromatic amines is 3. The van der Waals surface area contributed by atoms with Gasteiger partial charge in [-0.05, 0) is 99.1 Å². The largest absolute Gasteiger partial charge is 0.370 e. The molecule has 520 valence electrons. The highest BCUT2D eigenvalue weighted by Crippen LogP contribution is 2.23. The van der Waals surface area contributed by atoms with Crippen molar-refractivity contribution in [2.24, 2.45) is 60.8 Å². The highest BCUT2D eigenvalue weighted by Gasteiger charge is 2.35. The van der Waals surface area contributed by atoms with E-state index in [-0.39, 0.29) is 101 Å². The molecule has 0 radical (unpaired) electrons. The molecule has 26 N–H and O–H groups in total. The van der Waals surface area contributed by atoms with Gasteiger partial charge in [0, 0.05) is 103 Å². The molecule has 0 saturated carbocycles. The van der Waals surface area contributed by atoms with Gasteiger partial charge >= 0.3 is 0 Å². The summed E-state index contributed by atoms with van der Waals surface area (Å²) >= 11 is 0. The summed E-state index contributed by atoms with van der Waals surface area (Å²) in [5.41, 5.74) is 50.1. The van der Waals surface area contributed by atoms with Crippen molar-refractivity contribution in [1.29, 1.82) is 0 Å². The van der Waals surface area contributed by atoms with Crippen LogP contribution in [0.4, 0.5) is 0 Å². The molecule has 0 aliphatic heterocycles. The number of primary amides is 1. The van der Waals surface area contributed by atoms with Gasteiger partial charge in [-0.2, -0.15) is 0 Å². The molecule has 0 aliphatic rings. The Bertz CT molecular complexity index is 3600. The second-order valence-corrected chi connectivity index (χ2v) is 24.1. The van der Waals surface area contributed by atoms with Gasteiger partial charge in [0.05, 0.1) is 6.04 Å². The van der Waals surface area contributed by atoms with E-state index < -0.39 is 83.6 Å². The number of aliphatic imine (C=N–C) groups is 3. The smallest absolute Gasteiger partial charge is 0.243 e. The highest BCUT2D eigenvalue weighted by molar-refractivity contribution is 5.99. The van der Waals surface area contributed by atoms with Crippen LogP contribution in [-0.4, -0.2) is 149 Å². The maximum absolute atomic E-state index is 15.3. The number of nitrogens with two attached hydrogens (primary N) is 8. The van der Waals surface area contributed by atoms with E-state index in [2.05, 4.69) is 74.1 Å². The lowest BCUT2D eigenvalue weighted by Gasteiger charge is -2.28. The SMILES string of the molecule is CCCCCCCCCC(=O)NCCCC[C@H](NC(=O)[C@H](Cc1c[nH]c2ccccc12)NC(=O)[C@H](CCCN=C(N)N)NC(=O)[C@H](Cc1c[nH]c2ccccc12)NC(=O)[C@@H](CCCN=C(N)N)NC(=O)[C@H](Cc1c[nH]c2ccccc12)NC(=O)[C@H](N)CCCN=C(N)N)C(N)=O. The third-order valence-corrected chi connectivity index (χ3v) is 16.6. The first-order chi connectivity index (χ1) is 46.2. The summed E-state index contributed by atoms with van der Waals surface area (Å²) < 4.78 is 0. The molecule has 6 rings (SSSR count). The van der Waals surface area contributed by atoms with Crippen LogP contribution < -0.4 is 83.1 Å². The van der Waals surface area contributed by atoms with Gasteiger partial charge in [-0.15, -0.1) is 0 Å². The molecular weight excluding hydrogens is 1230 g/mol. The number of carbonyl (C=O) groups excluding carboxylic acids is 8. The Morgan fingerprint density at radius 1 is 0.396 bits per heavy atom. The molecule has 0 unspecified atom stereocenters. The maximum atomic E-state index is 15.3. The summed E-state index contributed by atoms with van der Waals surface area (Å²) in [7, 11) is 0. The van der Waals surface area contributed by atoms with Crippen LogP contribution >= 0.6 is 0 Å². The topological polar surface area (TPSA) is 513 Å². The van der Waals surface area contributed by atoms with Crippen LogP contribution in [-0.2, 0) is 57.6 Å². The van der Waals surface area contributed by atoms with E-state index in [1.165, 1.54) is 19.3 Å². The quantitative estimate of drug-likeness (QED) is 0.0146. The number of carbonyl (C=O) groups is 8. The van der Waals surface area contributed by atoms with Crippen molar-refractivity contribution in [3.8, 4) is 0 Å². The Kier molecular flexibility index (Phi) is 30.8. The third kappa shape index (κ3) is 24.9. The molecule has 0 fully saturated rings. The summed E-state index contributed by atoms with van der Waals surface area (Å²) in [6, 6.07) is 12.9. The van der Waals surface area contributed by atoms with E-state index in [4.69, 9.17) is 45.9 Å². The lowest BCUT2D eigenvalue weighted by molar-refractivity contribution is -0.135. The fraction of sp³-hybridized carbons (Fsp3) is 0.478. The maximum Gasteiger partial charge on any atom is 0.243 e. The zero-order chi connectivity index (χ0) is 69.4. The average molecular weight is 1330 g/mol. The number of aromatic nitrogens is 3. The Hall–Kier alpha value is -10.2. The summed E-state index contributed by atoms with van der Waals surface area (Å²) in [5.74, 6) is -6.02. The van der Waals surface area contributed by atoms with Crippen molar-refractivity contribution in [3.63, 3.8) is 0 Å². The van der Waals surface area contributed by atoms with Crippen molar-refractivity contribution >= 4 is 97.8 Å². The number of para-hydroxylation sites is 3. The number of fused-ring (bicyclic) bond motifs is 3. The number of hydrogen-bond donors (Lipinski definition) is 18. The van der Waals surface area contributed by atoms with Gasteiger partial charge in [-0.25, -0.2) is 0 Å². The van der Waals surface area contributed by atoms with Crippen molar-refractivity contribution in [3.05, 3.63) is 108 Å². The Balaban J connectivity index is 1.27. The number of guanidine groups is 3. The average Bonchev–Trinajstić information content (AvgIpc) is 1.65. The minimum atomic E-state index is -1.46. The summed E-state index contributed by atoms with van der Waals surface area (Å²) in [6.07, 6.45) is 14.6. The summed E-state index contributed by atoms with van der Waals surface area (Å²) in [4.78, 5) is 136. The molecule has 3 aromatic heterocycles. The van der Waals surface area contributed by atoms with E-state index in [0.717, 1.165) is 58.4 Å². The first-order valence-electron chi connectivity index (χ1n) is 33.2. The van der Waals surface area contributed by atoms with Crippen LogP contribution in [0.1, 0.15) is 133 Å². The molecule has 0 aliphatic carbocycles. The normalized spacial score (nSPS) is 13.4. The molecule has 96 heavy (non-hydrogen) atoms. The van der Waals surface area contributed by atoms with Crippen LogP contribution in [0.5, 0.6) is 0 Å². The van der Waals surface area contributed by atoms with Gasteiger partial charge in [0.25, 0.3) is 0 Å². The molecular formula is C67H99N21O8. The Morgan fingerprint density at radius 2 is 0.740 bits per heavy atom. The molecule has 0 saturated heterocycles. The van der Waals surface area contributed by atoms with E-state index in [1.807, 2.05) is 72.8 Å².